The molecule has 8 heteroatoms. The number of nitrogens with two attached hydrogens (primary N) is 1. The molecule has 4 N–H and O–H groups in total. The fourth-order valence-electron chi connectivity index (χ4n) is 2.10. The van der Waals surface area contributed by atoms with E-state index in [9.17, 15) is 19.5 Å². The molecule has 0 heterocycles. The molecule has 0 radical (unpaired) electrons. The zero-order valence-corrected chi connectivity index (χ0v) is 16.0. The first-order valence-electron chi connectivity index (χ1n) is 7.89. The van der Waals surface area contributed by atoms with Crippen LogP contribution in [-0.2, 0) is 14.4 Å². The fourth-order valence-corrected chi connectivity index (χ4v) is 2.10. The number of unbranched alkanes of at least 4 members (excludes halogenated alkanes) is 5. The van der Waals surface area contributed by atoms with Crippen molar-refractivity contribution in [1.82, 2.24) is 5.32 Å². The van der Waals surface area contributed by atoms with Crippen LogP contribution in [-0.4, -0.2) is 35.5 Å². The Labute approximate surface area is 159 Å². The minimum atomic E-state index is -1.26. The van der Waals surface area contributed by atoms with Gasteiger partial charge in [0, 0.05) is 12.8 Å². The molecule has 7 nitrogen and oxygen atoms in total. The summed E-state index contributed by atoms with van der Waals surface area (Å²) in [5.74, 6) is -2.34. The molecular formula is C15H27N2NaO5. The van der Waals surface area contributed by atoms with Crippen LogP contribution in [0, 0.1) is 0 Å². The van der Waals surface area contributed by atoms with E-state index in [4.69, 9.17) is 10.8 Å². The van der Waals surface area contributed by atoms with Crippen LogP contribution in [0.25, 0.3) is 0 Å². The van der Waals surface area contributed by atoms with Gasteiger partial charge in [0.15, 0.2) is 0 Å². The number of amides is 1. The predicted molar refractivity (Wildman–Crippen MR) is 79.8 cm³/mol. The van der Waals surface area contributed by atoms with Gasteiger partial charge >= 0.3 is 35.5 Å². The van der Waals surface area contributed by atoms with E-state index in [2.05, 4.69) is 5.32 Å². The Morgan fingerprint density at radius 2 is 1.52 bits per heavy atom. The standard InChI is InChI=1S/C15H28N2O5.Na/c16-11-7-6-8-12(15(21)22)17-13(18)9-4-2-1-3-5-10-14(19)20;/h12H,1-11,16H2,(H,17,18)(H,19,20)(H,21,22);/q;+1/p-1/t12-;/m0./s1. The van der Waals surface area contributed by atoms with Crippen LogP contribution in [0.3, 0.4) is 0 Å². The van der Waals surface area contributed by atoms with E-state index in [1.54, 1.807) is 0 Å². The summed E-state index contributed by atoms with van der Waals surface area (Å²) < 4.78 is 0. The third kappa shape index (κ3) is 16.0. The van der Waals surface area contributed by atoms with E-state index in [0.717, 1.165) is 25.7 Å². The average Bonchev–Trinajstić information content (AvgIpc) is 2.44. The maximum Gasteiger partial charge on any atom is 1.00 e. The van der Waals surface area contributed by atoms with E-state index >= 15 is 0 Å². The first-order chi connectivity index (χ1) is 10.5. The number of carbonyl (C=O) groups excluding carboxylic acids is 2. The van der Waals surface area contributed by atoms with Crippen LogP contribution in [0.5, 0.6) is 0 Å². The molecule has 0 aliphatic heterocycles. The summed E-state index contributed by atoms with van der Waals surface area (Å²) in [6, 6.07) is -0.949. The molecule has 0 rings (SSSR count). The van der Waals surface area contributed by atoms with Gasteiger partial charge in [-0.15, -0.1) is 0 Å². The molecule has 128 valence electrons. The average molecular weight is 338 g/mol. The van der Waals surface area contributed by atoms with Gasteiger partial charge in [-0.05, 0) is 38.6 Å². The van der Waals surface area contributed by atoms with Crippen LogP contribution in [0.2, 0.25) is 0 Å². The van der Waals surface area contributed by atoms with Gasteiger partial charge in [0.25, 0.3) is 0 Å². The second-order valence-electron chi connectivity index (χ2n) is 5.39. The number of aliphatic carboxylic acids is 2. The van der Waals surface area contributed by atoms with E-state index in [1.165, 1.54) is 0 Å². The molecule has 0 aliphatic carbocycles. The third-order valence-corrected chi connectivity index (χ3v) is 3.36. The molecule has 1 amide bonds. The quantitative estimate of drug-likeness (QED) is 0.231. The molecule has 0 aromatic rings. The molecule has 0 saturated carbocycles. The van der Waals surface area contributed by atoms with Crippen LogP contribution in [0.15, 0.2) is 0 Å². The second kappa shape index (κ2) is 16.2. The number of carbonyl (C=O) groups is 3. The van der Waals surface area contributed by atoms with Crippen molar-refractivity contribution in [3.8, 4) is 0 Å². The molecule has 0 aromatic carbocycles. The monoisotopic (exact) mass is 338 g/mol. The van der Waals surface area contributed by atoms with Gasteiger partial charge in [-0.1, -0.05) is 19.3 Å². The van der Waals surface area contributed by atoms with Crippen molar-refractivity contribution in [2.45, 2.75) is 70.3 Å². The zero-order valence-electron chi connectivity index (χ0n) is 14.0. The number of carboxylic acid groups (broad SMARTS) is 2. The van der Waals surface area contributed by atoms with Crippen LogP contribution in [0.1, 0.15) is 64.2 Å². The Morgan fingerprint density at radius 1 is 0.957 bits per heavy atom. The Morgan fingerprint density at radius 3 is 2.04 bits per heavy atom. The molecule has 0 aromatic heterocycles. The topological polar surface area (TPSA) is 133 Å². The van der Waals surface area contributed by atoms with E-state index in [1.807, 2.05) is 0 Å². The van der Waals surface area contributed by atoms with Crippen molar-refractivity contribution in [3.63, 3.8) is 0 Å². The third-order valence-electron chi connectivity index (χ3n) is 3.36. The van der Waals surface area contributed by atoms with Crippen molar-refractivity contribution in [2.75, 3.05) is 6.54 Å². The summed E-state index contributed by atoms with van der Waals surface area (Å²) in [7, 11) is 0. The summed E-state index contributed by atoms with van der Waals surface area (Å²) in [4.78, 5) is 32.9. The van der Waals surface area contributed by atoms with E-state index in [-0.39, 0.29) is 48.3 Å². The fraction of sp³-hybridized carbons (Fsp3) is 0.800. The van der Waals surface area contributed by atoms with Gasteiger partial charge in [0.05, 0.1) is 12.0 Å². The molecule has 0 saturated heterocycles. The summed E-state index contributed by atoms with van der Waals surface area (Å²) in [5.41, 5.74) is 5.34. The smallest absolute Gasteiger partial charge is 0.548 e. The van der Waals surface area contributed by atoms with Gasteiger partial charge in [-0.3, -0.25) is 9.59 Å². The van der Waals surface area contributed by atoms with Gasteiger partial charge in [-0.2, -0.15) is 0 Å². The van der Waals surface area contributed by atoms with Crippen molar-refractivity contribution in [2.24, 2.45) is 5.73 Å². The number of rotatable bonds is 14. The van der Waals surface area contributed by atoms with E-state index in [0.29, 0.717) is 32.2 Å². The summed E-state index contributed by atoms with van der Waals surface area (Å²) >= 11 is 0. The Hall–Kier alpha value is -0.630. The zero-order chi connectivity index (χ0) is 16.8. The van der Waals surface area contributed by atoms with Crippen molar-refractivity contribution >= 4 is 17.8 Å². The molecule has 0 spiro atoms. The molecule has 0 fully saturated rings. The first kappa shape index (κ1) is 24.6. The summed E-state index contributed by atoms with van der Waals surface area (Å²) in [6.07, 6.45) is 5.99. The van der Waals surface area contributed by atoms with Crippen LogP contribution < -0.4 is 45.7 Å². The van der Waals surface area contributed by atoms with Crippen LogP contribution in [0.4, 0.5) is 0 Å². The van der Waals surface area contributed by atoms with Gasteiger partial charge < -0.3 is 26.1 Å². The maximum absolute atomic E-state index is 11.7. The molecular weight excluding hydrogens is 311 g/mol. The largest absolute Gasteiger partial charge is 1.00 e. The molecule has 1 atom stereocenters. The minimum absolute atomic E-state index is 0. The van der Waals surface area contributed by atoms with Crippen molar-refractivity contribution < 1.29 is 54.2 Å². The van der Waals surface area contributed by atoms with Crippen molar-refractivity contribution in [1.29, 1.82) is 0 Å². The Balaban J connectivity index is 0. The second-order valence-corrected chi connectivity index (χ2v) is 5.39. The maximum atomic E-state index is 11.7. The molecule has 0 aliphatic rings. The minimum Gasteiger partial charge on any atom is -0.548 e. The summed E-state index contributed by atoms with van der Waals surface area (Å²) in [6.45, 7) is 0.496. The van der Waals surface area contributed by atoms with E-state index < -0.39 is 18.0 Å². The van der Waals surface area contributed by atoms with Gasteiger partial charge in [0.2, 0.25) is 5.91 Å². The van der Waals surface area contributed by atoms with Crippen LogP contribution >= 0.6 is 0 Å². The summed E-state index contributed by atoms with van der Waals surface area (Å²) in [5, 5.41) is 21.9. The molecule has 23 heavy (non-hydrogen) atoms. The predicted octanol–water partition coefficient (Wildman–Crippen LogP) is -2.83. The molecule has 0 unspecified atom stereocenters. The Bertz CT molecular complexity index is 353. The number of carboxylic acids is 2. The number of hydrogen-bond donors (Lipinski definition) is 3. The number of hydrogen-bond acceptors (Lipinski definition) is 5. The van der Waals surface area contributed by atoms with Crippen molar-refractivity contribution in [3.05, 3.63) is 0 Å². The number of nitrogens with one attached hydrogen (secondary N) is 1. The molecule has 0 bridgehead atoms. The Kier molecular flexibility index (Phi) is 17.4. The van der Waals surface area contributed by atoms with Gasteiger partial charge in [-0.25, -0.2) is 0 Å². The SMILES string of the molecule is NCCCC[C@H](NC(=O)CCCCCCCC(=O)O)C(=O)[O-].[Na+]. The van der Waals surface area contributed by atoms with Gasteiger partial charge in [0.1, 0.15) is 0 Å². The normalized spacial score (nSPS) is 11.3. The first-order valence-corrected chi connectivity index (χ1v) is 7.89.